The van der Waals surface area contributed by atoms with E-state index in [0.717, 1.165) is 5.56 Å². The molecule has 2 aromatic heterocycles. The molecule has 124 valence electrons. The maximum Gasteiger partial charge on any atom is 0.316 e. The molecule has 0 aliphatic carbocycles. The number of ether oxygens (including phenoxy) is 1. The summed E-state index contributed by atoms with van der Waals surface area (Å²) in [5.41, 5.74) is 2.73. The summed E-state index contributed by atoms with van der Waals surface area (Å²) in [4.78, 5) is 12.8. The molecule has 0 bridgehead atoms. The smallest absolute Gasteiger partial charge is 0.316 e. The highest BCUT2D eigenvalue weighted by Gasteiger charge is 2.19. The zero-order valence-electron chi connectivity index (χ0n) is 13.3. The lowest BCUT2D eigenvalue weighted by molar-refractivity contribution is 0.239. The van der Waals surface area contributed by atoms with E-state index in [4.69, 9.17) is 4.74 Å². The average Bonchev–Trinajstić information content (AvgIpc) is 3.06. The summed E-state index contributed by atoms with van der Waals surface area (Å²) in [6, 6.07) is 7.88. The van der Waals surface area contributed by atoms with Crippen molar-refractivity contribution in [2.24, 2.45) is 0 Å². The van der Waals surface area contributed by atoms with Crippen LogP contribution in [0.15, 0.2) is 42.9 Å². The fourth-order valence-corrected chi connectivity index (χ4v) is 2.43. The third kappa shape index (κ3) is 2.98. The number of halogens is 1. The van der Waals surface area contributed by atoms with Crippen molar-refractivity contribution in [2.45, 2.75) is 13.0 Å². The number of methoxy groups -OCH3 is 1. The van der Waals surface area contributed by atoms with Gasteiger partial charge in [-0.3, -0.25) is 0 Å². The lowest BCUT2D eigenvalue weighted by atomic mass is 10.1. The third-order valence-corrected chi connectivity index (χ3v) is 3.71. The molecule has 0 fully saturated rings. The molecule has 0 radical (unpaired) electrons. The Hall–Kier alpha value is -2.80. The fraction of sp³-hybridized carbons (Fsp3) is 0.235. The van der Waals surface area contributed by atoms with Gasteiger partial charge in [-0.1, -0.05) is 0 Å². The Bertz CT molecular complexity index is 833. The molecular weight excluding hydrogens is 311 g/mol. The van der Waals surface area contributed by atoms with Crippen molar-refractivity contribution in [3.63, 3.8) is 0 Å². The number of aliphatic hydroxyl groups is 1. The number of rotatable bonds is 5. The highest BCUT2D eigenvalue weighted by atomic mass is 19.1. The van der Waals surface area contributed by atoms with E-state index < -0.39 is 0 Å². The van der Waals surface area contributed by atoms with Crippen LogP contribution >= 0.6 is 0 Å². The monoisotopic (exact) mass is 328 g/mol. The zero-order chi connectivity index (χ0) is 17.1. The second-order valence-electron chi connectivity index (χ2n) is 5.32. The summed E-state index contributed by atoms with van der Waals surface area (Å²) in [6.07, 6.45) is 3.24. The molecule has 0 saturated heterocycles. The van der Waals surface area contributed by atoms with Crippen LogP contribution in [0, 0.1) is 5.82 Å². The number of hydrogen-bond acceptors (Lipinski definition) is 5. The molecule has 0 aliphatic heterocycles. The summed E-state index contributed by atoms with van der Waals surface area (Å²) in [5.74, 6) is -0.313. The normalized spacial score (nSPS) is 12.2. The molecule has 3 aromatic rings. The van der Waals surface area contributed by atoms with Crippen molar-refractivity contribution in [1.82, 2.24) is 19.5 Å². The second kappa shape index (κ2) is 6.76. The van der Waals surface area contributed by atoms with Crippen molar-refractivity contribution < 1.29 is 14.2 Å². The molecule has 0 aliphatic rings. The molecule has 1 atom stereocenters. The topological polar surface area (TPSA) is 73.1 Å². The lowest BCUT2D eigenvalue weighted by Crippen LogP contribution is -2.10. The highest BCUT2D eigenvalue weighted by molar-refractivity contribution is 5.76. The van der Waals surface area contributed by atoms with Crippen LogP contribution in [-0.4, -0.2) is 38.3 Å². The third-order valence-electron chi connectivity index (χ3n) is 3.71. The van der Waals surface area contributed by atoms with E-state index in [0.29, 0.717) is 17.1 Å². The van der Waals surface area contributed by atoms with Crippen molar-refractivity contribution in [3.8, 4) is 28.7 Å². The van der Waals surface area contributed by atoms with Crippen LogP contribution in [0.3, 0.4) is 0 Å². The summed E-state index contributed by atoms with van der Waals surface area (Å²) < 4.78 is 20.1. The first-order valence-corrected chi connectivity index (χ1v) is 7.45. The number of benzene rings is 1. The first-order chi connectivity index (χ1) is 11.6. The first-order valence-electron chi connectivity index (χ1n) is 7.45. The Morgan fingerprint density at radius 2 is 1.96 bits per heavy atom. The number of aromatic nitrogens is 4. The molecule has 2 heterocycles. The molecule has 0 saturated carbocycles. The van der Waals surface area contributed by atoms with E-state index in [2.05, 4.69) is 15.0 Å². The molecule has 6 nitrogen and oxygen atoms in total. The fourth-order valence-electron chi connectivity index (χ4n) is 2.43. The minimum atomic E-state index is -0.313. The Balaban J connectivity index is 2.20. The number of imidazole rings is 1. The number of nitrogens with zero attached hydrogens (tertiary/aromatic N) is 4. The summed E-state index contributed by atoms with van der Waals surface area (Å²) in [5, 5.41) is 9.52. The van der Waals surface area contributed by atoms with E-state index in [9.17, 15) is 9.50 Å². The minimum Gasteiger partial charge on any atom is -0.467 e. The van der Waals surface area contributed by atoms with Gasteiger partial charge in [-0.2, -0.15) is 4.98 Å². The van der Waals surface area contributed by atoms with E-state index in [1.54, 1.807) is 30.7 Å². The summed E-state index contributed by atoms with van der Waals surface area (Å²) in [6.45, 7) is 1.83. The predicted octanol–water partition coefficient (Wildman–Crippen LogP) is 2.71. The van der Waals surface area contributed by atoms with E-state index >= 15 is 0 Å². The zero-order valence-corrected chi connectivity index (χ0v) is 13.3. The molecule has 0 amide bonds. The molecule has 7 heteroatoms. The first kappa shape index (κ1) is 16.1. The molecule has 1 aromatic carbocycles. The Labute approximate surface area is 138 Å². The second-order valence-corrected chi connectivity index (χ2v) is 5.32. The van der Waals surface area contributed by atoms with Crippen molar-refractivity contribution in [3.05, 3.63) is 48.7 Å². The van der Waals surface area contributed by atoms with Gasteiger partial charge in [0.15, 0.2) is 0 Å². The molecule has 24 heavy (non-hydrogen) atoms. The maximum absolute atomic E-state index is 13.2. The van der Waals surface area contributed by atoms with Gasteiger partial charge in [0, 0.05) is 11.8 Å². The van der Waals surface area contributed by atoms with Gasteiger partial charge in [-0.05, 0) is 37.3 Å². The van der Waals surface area contributed by atoms with Crippen LogP contribution < -0.4 is 4.74 Å². The molecule has 3 rings (SSSR count). The van der Waals surface area contributed by atoms with Crippen molar-refractivity contribution in [2.75, 3.05) is 13.7 Å². The van der Waals surface area contributed by atoms with Crippen LogP contribution in [0.25, 0.3) is 22.6 Å². The van der Waals surface area contributed by atoms with Gasteiger partial charge >= 0.3 is 6.01 Å². The largest absolute Gasteiger partial charge is 0.467 e. The lowest BCUT2D eigenvalue weighted by Gasteiger charge is -2.15. The highest BCUT2D eigenvalue weighted by Crippen LogP contribution is 2.32. The van der Waals surface area contributed by atoms with Gasteiger partial charge in [-0.15, -0.1) is 0 Å². The maximum atomic E-state index is 13.2. The number of hydrogen-bond donors (Lipinski definition) is 1. The van der Waals surface area contributed by atoms with Gasteiger partial charge in [-0.25, -0.2) is 14.4 Å². The summed E-state index contributed by atoms with van der Waals surface area (Å²) in [7, 11) is 1.49. The van der Waals surface area contributed by atoms with E-state index in [1.807, 2.05) is 11.5 Å². The SMILES string of the molecule is COc1nccc(-c2c(-c3ccc(F)cc3)ncn2C(C)CO)n1. The van der Waals surface area contributed by atoms with Crippen LogP contribution in [0.5, 0.6) is 6.01 Å². The van der Waals surface area contributed by atoms with Crippen LogP contribution in [0.1, 0.15) is 13.0 Å². The molecule has 1 N–H and O–H groups in total. The van der Waals surface area contributed by atoms with Gasteiger partial charge in [0.25, 0.3) is 0 Å². The Kier molecular flexibility index (Phi) is 4.52. The summed E-state index contributed by atoms with van der Waals surface area (Å²) >= 11 is 0. The van der Waals surface area contributed by atoms with Crippen LogP contribution in [0.4, 0.5) is 4.39 Å². The molecular formula is C17H17FN4O2. The Morgan fingerprint density at radius 3 is 2.62 bits per heavy atom. The van der Waals surface area contributed by atoms with Crippen LogP contribution in [-0.2, 0) is 0 Å². The predicted molar refractivity (Wildman–Crippen MR) is 87.0 cm³/mol. The standard InChI is InChI=1S/C17H17FN4O2/c1-11(9-23)22-10-20-15(12-3-5-13(18)6-4-12)16(22)14-7-8-19-17(21-14)24-2/h3-8,10-11,23H,9H2,1-2H3. The van der Waals surface area contributed by atoms with Gasteiger partial charge < -0.3 is 14.4 Å². The van der Waals surface area contributed by atoms with E-state index in [-0.39, 0.29) is 24.5 Å². The van der Waals surface area contributed by atoms with Gasteiger partial charge in [0.05, 0.1) is 43.2 Å². The van der Waals surface area contributed by atoms with Crippen molar-refractivity contribution >= 4 is 0 Å². The molecule has 0 spiro atoms. The van der Waals surface area contributed by atoms with Crippen LogP contribution in [0.2, 0.25) is 0 Å². The van der Waals surface area contributed by atoms with E-state index in [1.165, 1.54) is 19.2 Å². The average molecular weight is 328 g/mol. The van der Waals surface area contributed by atoms with Gasteiger partial charge in [0.2, 0.25) is 0 Å². The van der Waals surface area contributed by atoms with Gasteiger partial charge in [0.1, 0.15) is 5.82 Å². The van der Waals surface area contributed by atoms with Crippen molar-refractivity contribution in [1.29, 1.82) is 0 Å². The molecule has 1 unspecified atom stereocenters. The Morgan fingerprint density at radius 1 is 1.21 bits per heavy atom. The number of aliphatic hydroxyl groups excluding tert-OH is 1. The minimum absolute atomic E-state index is 0.0472. The quantitative estimate of drug-likeness (QED) is 0.779.